The van der Waals surface area contributed by atoms with E-state index in [1.165, 1.54) is 11.6 Å². The van der Waals surface area contributed by atoms with E-state index >= 15 is 0 Å². The summed E-state index contributed by atoms with van der Waals surface area (Å²) >= 11 is 0. The highest BCUT2D eigenvalue weighted by atomic mass is 19.4. The van der Waals surface area contributed by atoms with Crippen molar-refractivity contribution in [2.75, 3.05) is 32.8 Å². The Morgan fingerprint density at radius 3 is 2.31 bits per heavy atom. The molecule has 0 aromatic heterocycles. The van der Waals surface area contributed by atoms with Gasteiger partial charge >= 0.3 is 6.18 Å². The number of alkyl halides is 3. The fraction of sp³-hybridized carbons (Fsp3) is 0.409. The van der Waals surface area contributed by atoms with Crippen molar-refractivity contribution in [1.29, 1.82) is 0 Å². The lowest BCUT2D eigenvalue weighted by Gasteiger charge is -2.35. The van der Waals surface area contributed by atoms with E-state index in [-0.39, 0.29) is 12.3 Å². The second-order valence-corrected chi connectivity index (χ2v) is 7.11. The zero-order valence-corrected chi connectivity index (χ0v) is 16.4. The van der Waals surface area contributed by atoms with Gasteiger partial charge in [0.15, 0.2) is 0 Å². The van der Waals surface area contributed by atoms with Crippen molar-refractivity contribution in [1.82, 2.24) is 9.80 Å². The van der Waals surface area contributed by atoms with Gasteiger partial charge in [0.1, 0.15) is 5.75 Å². The Kier molecular flexibility index (Phi) is 6.79. The average Bonchev–Trinajstić information content (AvgIpc) is 2.70. The lowest BCUT2D eigenvalue weighted by molar-refractivity contribution is -0.138. The molecule has 1 amide bonds. The number of rotatable bonds is 6. The normalized spacial score (nSPS) is 15.4. The molecule has 1 heterocycles. The number of halogens is 3. The Morgan fingerprint density at radius 1 is 1.00 bits per heavy atom. The van der Waals surface area contributed by atoms with Gasteiger partial charge in [0.05, 0.1) is 18.6 Å². The zero-order valence-electron chi connectivity index (χ0n) is 16.4. The zero-order chi connectivity index (χ0) is 20.9. The summed E-state index contributed by atoms with van der Waals surface area (Å²) in [4.78, 5) is 16.5. The molecule has 0 spiro atoms. The molecule has 2 aromatic carbocycles. The lowest BCUT2D eigenvalue weighted by atomic mass is 10.1. The molecular weight excluding hydrogens is 381 g/mol. The van der Waals surface area contributed by atoms with Crippen molar-refractivity contribution in [3.8, 4) is 5.75 Å². The third kappa shape index (κ3) is 5.97. The number of piperazine rings is 1. The fourth-order valence-corrected chi connectivity index (χ4v) is 3.42. The number of ether oxygens (including phenoxy) is 1. The summed E-state index contributed by atoms with van der Waals surface area (Å²) in [6.45, 7) is 6.01. The lowest BCUT2D eigenvalue weighted by Crippen LogP contribution is -2.48. The van der Waals surface area contributed by atoms with Gasteiger partial charge in [-0.15, -0.1) is 0 Å². The number of hydrogen-bond acceptors (Lipinski definition) is 3. The SMILES string of the molecule is CCOc1ccc(CN2CCN(C(=O)Cc3cccc(C(F)(F)F)c3)CC2)cc1. The standard InChI is InChI=1S/C22H25F3N2O2/c1-2-29-20-8-6-17(7-9-20)16-26-10-12-27(13-11-26)21(28)15-18-4-3-5-19(14-18)22(23,24)25/h3-9,14H,2,10-13,15-16H2,1H3. The fourth-order valence-electron chi connectivity index (χ4n) is 3.42. The van der Waals surface area contributed by atoms with Crippen LogP contribution in [0, 0.1) is 0 Å². The monoisotopic (exact) mass is 406 g/mol. The van der Waals surface area contributed by atoms with Crippen LogP contribution in [0.4, 0.5) is 13.2 Å². The van der Waals surface area contributed by atoms with Crippen molar-refractivity contribution in [3.05, 3.63) is 65.2 Å². The summed E-state index contributed by atoms with van der Waals surface area (Å²) < 4.78 is 43.9. The van der Waals surface area contributed by atoms with Crippen LogP contribution in [0.15, 0.2) is 48.5 Å². The summed E-state index contributed by atoms with van der Waals surface area (Å²) in [5.74, 6) is 0.714. The molecule has 0 unspecified atom stereocenters. The third-order valence-corrected chi connectivity index (χ3v) is 4.98. The van der Waals surface area contributed by atoms with Crippen molar-refractivity contribution >= 4 is 5.91 Å². The van der Waals surface area contributed by atoms with Gasteiger partial charge in [-0.25, -0.2) is 0 Å². The number of benzene rings is 2. The number of carbonyl (C=O) groups excluding carboxylic acids is 1. The molecule has 0 bridgehead atoms. The largest absolute Gasteiger partial charge is 0.494 e. The Balaban J connectivity index is 1.49. The average molecular weight is 406 g/mol. The van der Waals surface area contributed by atoms with E-state index in [4.69, 9.17) is 4.74 Å². The van der Waals surface area contributed by atoms with E-state index in [1.807, 2.05) is 31.2 Å². The summed E-state index contributed by atoms with van der Waals surface area (Å²) in [5.41, 5.74) is 0.849. The highest BCUT2D eigenvalue weighted by Gasteiger charge is 2.30. The molecule has 7 heteroatoms. The van der Waals surface area contributed by atoms with E-state index in [9.17, 15) is 18.0 Å². The topological polar surface area (TPSA) is 32.8 Å². The predicted octanol–water partition coefficient (Wildman–Crippen LogP) is 3.99. The van der Waals surface area contributed by atoms with E-state index in [0.29, 0.717) is 25.3 Å². The van der Waals surface area contributed by atoms with Crippen LogP contribution >= 0.6 is 0 Å². The number of carbonyl (C=O) groups is 1. The molecule has 0 N–H and O–H groups in total. The maximum Gasteiger partial charge on any atom is 0.416 e. The predicted molar refractivity (Wildman–Crippen MR) is 105 cm³/mol. The smallest absolute Gasteiger partial charge is 0.416 e. The van der Waals surface area contributed by atoms with Crippen molar-refractivity contribution in [2.45, 2.75) is 26.1 Å². The first-order valence-electron chi connectivity index (χ1n) is 9.73. The molecule has 1 saturated heterocycles. The molecule has 0 atom stereocenters. The number of amides is 1. The van der Waals surface area contributed by atoms with E-state index < -0.39 is 11.7 Å². The second-order valence-electron chi connectivity index (χ2n) is 7.11. The van der Waals surface area contributed by atoms with Crippen LogP contribution in [0.2, 0.25) is 0 Å². The maximum atomic E-state index is 12.8. The summed E-state index contributed by atoms with van der Waals surface area (Å²) in [7, 11) is 0. The Labute approximate surface area is 168 Å². The van der Waals surface area contributed by atoms with Gasteiger partial charge in [-0.1, -0.05) is 30.3 Å². The van der Waals surface area contributed by atoms with Crippen LogP contribution in [0.5, 0.6) is 5.75 Å². The molecular formula is C22H25F3N2O2. The van der Waals surface area contributed by atoms with Crippen LogP contribution < -0.4 is 4.74 Å². The van der Waals surface area contributed by atoms with Crippen LogP contribution in [-0.2, 0) is 23.9 Å². The van der Waals surface area contributed by atoms with Gasteiger partial charge in [-0.2, -0.15) is 13.2 Å². The van der Waals surface area contributed by atoms with Crippen molar-refractivity contribution < 1.29 is 22.7 Å². The summed E-state index contributed by atoms with van der Waals surface area (Å²) in [6, 6.07) is 13.0. The third-order valence-electron chi connectivity index (χ3n) is 4.98. The van der Waals surface area contributed by atoms with Gasteiger partial charge in [0.25, 0.3) is 0 Å². The first-order valence-corrected chi connectivity index (χ1v) is 9.73. The van der Waals surface area contributed by atoms with Gasteiger partial charge in [0, 0.05) is 32.7 Å². The minimum atomic E-state index is -4.40. The minimum Gasteiger partial charge on any atom is -0.494 e. The van der Waals surface area contributed by atoms with Gasteiger partial charge < -0.3 is 9.64 Å². The number of hydrogen-bond donors (Lipinski definition) is 0. The second kappa shape index (κ2) is 9.31. The highest BCUT2D eigenvalue weighted by Crippen LogP contribution is 2.29. The minimum absolute atomic E-state index is 0.0111. The van der Waals surface area contributed by atoms with Crippen LogP contribution in [-0.4, -0.2) is 48.5 Å². The van der Waals surface area contributed by atoms with Crippen LogP contribution in [0.3, 0.4) is 0 Å². The van der Waals surface area contributed by atoms with E-state index in [1.54, 1.807) is 11.0 Å². The van der Waals surface area contributed by atoms with E-state index in [2.05, 4.69) is 4.90 Å². The van der Waals surface area contributed by atoms with E-state index in [0.717, 1.165) is 37.5 Å². The Bertz CT molecular complexity index is 814. The Hall–Kier alpha value is -2.54. The highest BCUT2D eigenvalue weighted by molar-refractivity contribution is 5.79. The molecule has 0 aliphatic carbocycles. The van der Waals surface area contributed by atoms with Crippen LogP contribution in [0.1, 0.15) is 23.6 Å². The molecule has 1 fully saturated rings. The Morgan fingerprint density at radius 2 is 1.69 bits per heavy atom. The molecule has 29 heavy (non-hydrogen) atoms. The molecule has 3 rings (SSSR count). The first-order chi connectivity index (χ1) is 13.8. The van der Waals surface area contributed by atoms with Crippen molar-refractivity contribution in [2.24, 2.45) is 0 Å². The first kappa shape index (κ1) is 21.2. The summed E-state index contributed by atoms with van der Waals surface area (Å²) in [6.07, 6.45) is -4.41. The molecule has 1 aliphatic rings. The van der Waals surface area contributed by atoms with Crippen molar-refractivity contribution in [3.63, 3.8) is 0 Å². The molecule has 0 radical (unpaired) electrons. The van der Waals surface area contributed by atoms with Gasteiger partial charge in [-0.05, 0) is 36.2 Å². The quantitative estimate of drug-likeness (QED) is 0.727. The maximum absolute atomic E-state index is 12.8. The molecule has 4 nitrogen and oxygen atoms in total. The van der Waals surface area contributed by atoms with Gasteiger partial charge in [-0.3, -0.25) is 9.69 Å². The molecule has 156 valence electrons. The van der Waals surface area contributed by atoms with Crippen LogP contribution in [0.25, 0.3) is 0 Å². The van der Waals surface area contributed by atoms with Gasteiger partial charge in [0.2, 0.25) is 5.91 Å². The number of nitrogens with zero attached hydrogens (tertiary/aromatic N) is 2. The molecule has 2 aromatic rings. The molecule has 1 aliphatic heterocycles. The summed E-state index contributed by atoms with van der Waals surface area (Å²) in [5, 5.41) is 0. The molecule has 0 saturated carbocycles.